The molecule has 0 saturated heterocycles. The normalized spacial score (nSPS) is 15.5. The number of nitrogens with two attached hydrogens (primary N) is 1. The van der Waals surface area contributed by atoms with Crippen LogP contribution in [0.15, 0.2) is 30.3 Å². The Balaban J connectivity index is 2.90. The van der Waals surface area contributed by atoms with Crippen LogP contribution in [-0.4, -0.2) is 6.61 Å². The summed E-state index contributed by atoms with van der Waals surface area (Å²) in [6.07, 6.45) is -2.21. The van der Waals surface area contributed by atoms with Crippen molar-refractivity contribution in [2.45, 2.75) is 6.92 Å². The van der Waals surface area contributed by atoms with Crippen LogP contribution in [0.1, 0.15) is 6.92 Å². The van der Waals surface area contributed by atoms with Gasteiger partial charge in [0.1, 0.15) is 0 Å². The lowest BCUT2D eigenvalue weighted by molar-refractivity contribution is 0.382. The molecule has 4 heteroatoms. The molecule has 1 unspecified atom stereocenters. The lowest BCUT2D eigenvalue weighted by atomic mass is 10.4. The number of hydrogen-bond donors (Lipinski definition) is 1. The summed E-state index contributed by atoms with van der Waals surface area (Å²) < 4.78 is 5.32. The predicted molar refractivity (Wildman–Crippen MR) is 56.2 cm³/mol. The maximum Gasteiger partial charge on any atom is 0.156 e. The quantitative estimate of drug-likeness (QED) is 0.755. The Morgan fingerprint density at radius 2 is 2.00 bits per heavy atom. The minimum atomic E-state index is -2.21. The maximum atomic E-state index is 5.85. The van der Waals surface area contributed by atoms with Gasteiger partial charge in [-0.25, -0.2) is 0 Å². The van der Waals surface area contributed by atoms with E-state index in [2.05, 4.69) is 0 Å². The van der Waals surface area contributed by atoms with E-state index in [4.69, 9.17) is 21.8 Å². The van der Waals surface area contributed by atoms with Gasteiger partial charge in [0.25, 0.3) is 0 Å². The molecular weight excluding hydrogens is 189 g/mol. The summed E-state index contributed by atoms with van der Waals surface area (Å²) in [5, 5.41) is 0.932. The standard InChI is InChI=1S/C8H12NOPS/c1-2-10-11(9,12)8-6-4-3-5-7-8/h3-7H,2H2,1H3,(H2,9,12). The molecule has 0 fully saturated rings. The summed E-state index contributed by atoms with van der Waals surface area (Å²) >= 11 is 5.18. The first kappa shape index (κ1) is 9.87. The summed E-state index contributed by atoms with van der Waals surface area (Å²) in [6, 6.07) is 9.60. The summed E-state index contributed by atoms with van der Waals surface area (Å²) in [4.78, 5) is 0. The van der Waals surface area contributed by atoms with Crippen molar-refractivity contribution in [2.24, 2.45) is 5.50 Å². The number of rotatable bonds is 3. The van der Waals surface area contributed by atoms with Crippen molar-refractivity contribution in [3.63, 3.8) is 0 Å². The molecule has 1 rings (SSSR count). The first-order chi connectivity index (χ1) is 5.67. The second-order valence-electron chi connectivity index (χ2n) is 2.35. The highest BCUT2D eigenvalue weighted by Gasteiger charge is 2.12. The minimum Gasteiger partial charge on any atom is -0.335 e. The Morgan fingerprint density at radius 1 is 1.42 bits per heavy atom. The average molecular weight is 201 g/mol. The molecule has 0 amide bonds. The molecule has 0 aliphatic rings. The van der Waals surface area contributed by atoms with Crippen LogP contribution in [0.4, 0.5) is 0 Å². The zero-order chi connectivity index (χ0) is 9.03. The van der Waals surface area contributed by atoms with E-state index in [1.807, 2.05) is 37.3 Å². The summed E-state index contributed by atoms with van der Waals surface area (Å²) in [5.74, 6) is 0. The van der Waals surface area contributed by atoms with Gasteiger partial charge in [0.2, 0.25) is 0 Å². The van der Waals surface area contributed by atoms with E-state index in [-0.39, 0.29) is 0 Å². The Labute approximate surface area is 77.9 Å². The van der Waals surface area contributed by atoms with E-state index in [1.54, 1.807) is 0 Å². The minimum absolute atomic E-state index is 0.572. The highest BCUT2D eigenvalue weighted by molar-refractivity contribution is 8.14. The highest BCUT2D eigenvalue weighted by Crippen LogP contribution is 2.36. The van der Waals surface area contributed by atoms with Crippen LogP contribution in [0.2, 0.25) is 0 Å². The van der Waals surface area contributed by atoms with Crippen LogP contribution in [0.5, 0.6) is 0 Å². The average Bonchev–Trinajstić information content (AvgIpc) is 2.06. The second-order valence-corrected chi connectivity index (χ2v) is 5.95. The Kier molecular flexibility index (Phi) is 3.41. The van der Waals surface area contributed by atoms with E-state index in [0.29, 0.717) is 6.61 Å². The molecule has 0 heterocycles. The van der Waals surface area contributed by atoms with Crippen molar-refractivity contribution >= 4 is 23.5 Å². The summed E-state index contributed by atoms with van der Waals surface area (Å²) in [7, 11) is 0. The van der Waals surface area contributed by atoms with Gasteiger partial charge < -0.3 is 4.52 Å². The highest BCUT2D eigenvalue weighted by atomic mass is 32.4. The fourth-order valence-corrected chi connectivity index (χ4v) is 2.70. The van der Waals surface area contributed by atoms with Crippen molar-refractivity contribution in [3.05, 3.63) is 30.3 Å². The van der Waals surface area contributed by atoms with Gasteiger partial charge in [-0.2, -0.15) is 0 Å². The van der Waals surface area contributed by atoms with Gasteiger partial charge in [-0.3, -0.25) is 5.50 Å². The lowest BCUT2D eigenvalue weighted by Crippen LogP contribution is -2.13. The number of benzene rings is 1. The molecule has 1 aromatic rings. The topological polar surface area (TPSA) is 35.2 Å². The van der Waals surface area contributed by atoms with Gasteiger partial charge in [0.15, 0.2) is 6.42 Å². The molecule has 66 valence electrons. The smallest absolute Gasteiger partial charge is 0.156 e. The molecule has 0 aliphatic carbocycles. The van der Waals surface area contributed by atoms with E-state index >= 15 is 0 Å². The summed E-state index contributed by atoms with van der Waals surface area (Å²) in [5.41, 5.74) is 5.85. The zero-order valence-electron chi connectivity index (χ0n) is 6.93. The largest absolute Gasteiger partial charge is 0.335 e. The van der Waals surface area contributed by atoms with Gasteiger partial charge in [0, 0.05) is 5.30 Å². The monoisotopic (exact) mass is 201 g/mol. The van der Waals surface area contributed by atoms with E-state index in [1.165, 1.54) is 0 Å². The van der Waals surface area contributed by atoms with Gasteiger partial charge in [-0.05, 0) is 18.7 Å². The molecule has 0 aromatic heterocycles. The van der Waals surface area contributed by atoms with Crippen LogP contribution in [-0.2, 0) is 16.3 Å². The Hall–Kier alpha value is -0.210. The first-order valence-electron chi connectivity index (χ1n) is 3.75. The molecule has 0 saturated carbocycles. The second kappa shape index (κ2) is 4.15. The van der Waals surface area contributed by atoms with Crippen molar-refractivity contribution in [2.75, 3.05) is 6.61 Å². The van der Waals surface area contributed by atoms with Gasteiger partial charge in [-0.15, -0.1) is 0 Å². The van der Waals surface area contributed by atoms with Crippen LogP contribution in [0, 0.1) is 0 Å². The predicted octanol–water partition coefficient (Wildman–Crippen LogP) is 1.62. The third-order valence-electron chi connectivity index (χ3n) is 1.44. The lowest BCUT2D eigenvalue weighted by Gasteiger charge is -2.15. The van der Waals surface area contributed by atoms with Gasteiger partial charge >= 0.3 is 0 Å². The first-order valence-corrected chi connectivity index (χ1v) is 6.54. The molecule has 0 aliphatic heterocycles. The molecule has 0 radical (unpaired) electrons. The van der Waals surface area contributed by atoms with Crippen molar-refractivity contribution in [1.82, 2.24) is 0 Å². The van der Waals surface area contributed by atoms with Crippen LogP contribution >= 0.6 is 6.42 Å². The molecule has 1 atom stereocenters. The van der Waals surface area contributed by atoms with Crippen LogP contribution < -0.4 is 10.8 Å². The third-order valence-corrected chi connectivity index (χ3v) is 4.05. The molecule has 2 nitrogen and oxygen atoms in total. The Morgan fingerprint density at radius 3 is 2.50 bits per heavy atom. The Bertz CT molecular complexity index is 288. The molecule has 0 spiro atoms. The summed E-state index contributed by atoms with van der Waals surface area (Å²) in [6.45, 7) is 2.47. The van der Waals surface area contributed by atoms with Crippen molar-refractivity contribution < 1.29 is 4.52 Å². The molecular formula is C8H12NOPS. The molecule has 2 N–H and O–H groups in total. The van der Waals surface area contributed by atoms with Crippen LogP contribution in [0.25, 0.3) is 0 Å². The van der Waals surface area contributed by atoms with Gasteiger partial charge in [0.05, 0.1) is 6.61 Å². The molecule has 1 aromatic carbocycles. The maximum absolute atomic E-state index is 5.85. The van der Waals surface area contributed by atoms with Crippen LogP contribution in [0.3, 0.4) is 0 Å². The van der Waals surface area contributed by atoms with E-state index in [9.17, 15) is 0 Å². The van der Waals surface area contributed by atoms with Crippen molar-refractivity contribution in [3.8, 4) is 0 Å². The number of hydrogen-bond acceptors (Lipinski definition) is 2. The fourth-order valence-electron chi connectivity index (χ4n) is 0.902. The fraction of sp³-hybridized carbons (Fsp3) is 0.250. The SMILES string of the molecule is CCOP(N)(=S)c1ccccc1. The molecule has 12 heavy (non-hydrogen) atoms. The van der Waals surface area contributed by atoms with E-state index in [0.717, 1.165) is 5.30 Å². The van der Waals surface area contributed by atoms with Gasteiger partial charge in [-0.1, -0.05) is 30.3 Å². The third kappa shape index (κ3) is 2.39. The van der Waals surface area contributed by atoms with E-state index < -0.39 is 6.42 Å². The zero-order valence-corrected chi connectivity index (χ0v) is 8.65. The van der Waals surface area contributed by atoms with Crippen molar-refractivity contribution in [1.29, 1.82) is 0 Å². The molecule has 0 bridgehead atoms.